The van der Waals surface area contributed by atoms with Gasteiger partial charge in [-0.15, -0.1) is 0 Å². The molecule has 0 spiro atoms. The van der Waals surface area contributed by atoms with E-state index in [0.717, 1.165) is 57.5 Å². The fourth-order valence-electron chi connectivity index (χ4n) is 3.84. The standard InChI is InChI=1S/C24H34N4O2/c1-4-19-7-5-6-8-21(19)17-26-24(25-2)27-18-23(28-13-15-30-16-14-28)20-9-11-22(29-3)12-10-20/h5-12,23H,4,13-18H2,1-3H3,(H2,25,26,27). The molecular formula is C24H34N4O2. The van der Waals surface area contributed by atoms with Gasteiger partial charge in [0.25, 0.3) is 0 Å². The Morgan fingerprint density at radius 1 is 1.07 bits per heavy atom. The molecule has 0 aliphatic carbocycles. The maximum atomic E-state index is 5.56. The summed E-state index contributed by atoms with van der Waals surface area (Å²) in [5.41, 5.74) is 3.93. The second-order valence-electron chi connectivity index (χ2n) is 7.37. The van der Waals surface area contributed by atoms with Crippen molar-refractivity contribution in [3.8, 4) is 5.75 Å². The first kappa shape index (κ1) is 22.1. The van der Waals surface area contributed by atoms with Crippen LogP contribution in [0.25, 0.3) is 0 Å². The predicted octanol–water partition coefficient (Wildman–Crippen LogP) is 3.00. The van der Waals surface area contributed by atoms with Crippen LogP contribution in [0.15, 0.2) is 53.5 Å². The highest BCUT2D eigenvalue weighted by Crippen LogP contribution is 2.23. The van der Waals surface area contributed by atoms with Gasteiger partial charge in [-0.05, 0) is 35.2 Å². The third-order valence-electron chi connectivity index (χ3n) is 5.62. The quantitative estimate of drug-likeness (QED) is 0.518. The average Bonchev–Trinajstić information content (AvgIpc) is 2.82. The fraction of sp³-hybridized carbons (Fsp3) is 0.458. The van der Waals surface area contributed by atoms with Crippen molar-refractivity contribution in [3.05, 3.63) is 65.2 Å². The number of ether oxygens (including phenoxy) is 2. The van der Waals surface area contributed by atoms with E-state index < -0.39 is 0 Å². The average molecular weight is 411 g/mol. The summed E-state index contributed by atoms with van der Waals surface area (Å²) in [6, 6.07) is 17.1. The summed E-state index contributed by atoms with van der Waals surface area (Å²) in [5, 5.41) is 6.99. The highest BCUT2D eigenvalue weighted by molar-refractivity contribution is 5.79. The first-order chi connectivity index (χ1) is 14.7. The van der Waals surface area contributed by atoms with Gasteiger partial charge in [-0.3, -0.25) is 9.89 Å². The number of nitrogens with one attached hydrogen (secondary N) is 2. The molecule has 1 aliphatic heterocycles. The van der Waals surface area contributed by atoms with Gasteiger partial charge in [0.2, 0.25) is 0 Å². The molecule has 0 amide bonds. The van der Waals surface area contributed by atoms with E-state index in [9.17, 15) is 0 Å². The lowest BCUT2D eigenvalue weighted by Crippen LogP contribution is -2.46. The molecule has 2 aromatic rings. The predicted molar refractivity (Wildman–Crippen MR) is 122 cm³/mol. The molecule has 1 heterocycles. The smallest absolute Gasteiger partial charge is 0.191 e. The number of hydrogen-bond donors (Lipinski definition) is 2. The van der Waals surface area contributed by atoms with Crippen LogP contribution in [0.1, 0.15) is 29.7 Å². The molecule has 30 heavy (non-hydrogen) atoms. The van der Waals surface area contributed by atoms with Crippen molar-refractivity contribution in [3.63, 3.8) is 0 Å². The Hall–Kier alpha value is -2.57. The van der Waals surface area contributed by atoms with Gasteiger partial charge in [0, 0.05) is 33.2 Å². The molecule has 0 saturated carbocycles. The normalized spacial score (nSPS) is 16.2. The Labute approximate surface area is 180 Å². The van der Waals surface area contributed by atoms with Crippen LogP contribution >= 0.6 is 0 Å². The molecule has 1 aliphatic rings. The third kappa shape index (κ3) is 5.97. The number of rotatable bonds is 8. The molecule has 2 N–H and O–H groups in total. The van der Waals surface area contributed by atoms with Gasteiger partial charge in [-0.1, -0.05) is 43.3 Å². The van der Waals surface area contributed by atoms with Crippen LogP contribution in [0, 0.1) is 0 Å². The van der Waals surface area contributed by atoms with Gasteiger partial charge in [-0.25, -0.2) is 0 Å². The topological polar surface area (TPSA) is 58.1 Å². The lowest BCUT2D eigenvalue weighted by molar-refractivity contribution is 0.0170. The number of aliphatic imine (C=N–C) groups is 1. The SMILES string of the molecule is CCc1ccccc1CNC(=NC)NCC(c1ccc(OC)cc1)N1CCOCC1. The molecule has 6 heteroatoms. The van der Waals surface area contributed by atoms with Crippen molar-refractivity contribution in [2.24, 2.45) is 4.99 Å². The molecule has 1 fully saturated rings. The fourth-order valence-corrected chi connectivity index (χ4v) is 3.84. The summed E-state index contributed by atoms with van der Waals surface area (Å²) >= 11 is 0. The van der Waals surface area contributed by atoms with Crippen LogP contribution < -0.4 is 15.4 Å². The van der Waals surface area contributed by atoms with E-state index in [1.165, 1.54) is 16.7 Å². The Morgan fingerprint density at radius 3 is 2.40 bits per heavy atom. The van der Waals surface area contributed by atoms with Gasteiger partial charge >= 0.3 is 0 Å². The number of methoxy groups -OCH3 is 1. The Bertz CT molecular complexity index is 801. The molecule has 162 valence electrons. The monoisotopic (exact) mass is 410 g/mol. The van der Waals surface area contributed by atoms with Crippen molar-refractivity contribution in [1.82, 2.24) is 15.5 Å². The number of morpholine rings is 1. The van der Waals surface area contributed by atoms with Gasteiger partial charge in [0.1, 0.15) is 5.75 Å². The molecule has 1 saturated heterocycles. The van der Waals surface area contributed by atoms with Crippen molar-refractivity contribution in [2.45, 2.75) is 25.9 Å². The van der Waals surface area contributed by atoms with E-state index in [1.807, 2.05) is 19.2 Å². The van der Waals surface area contributed by atoms with E-state index in [4.69, 9.17) is 9.47 Å². The Balaban J connectivity index is 1.65. The van der Waals surface area contributed by atoms with Crippen LogP contribution in [0.5, 0.6) is 5.75 Å². The molecule has 0 aromatic heterocycles. The van der Waals surface area contributed by atoms with Crippen LogP contribution in [0.4, 0.5) is 0 Å². The summed E-state index contributed by atoms with van der Waals surface area (Å²) in [7, 11) is 3.51. The maximum Gasteiger partial charge on any atom is 0.191 e. The van der Waals surface area contributed by atoms with E-state index >= 15 is 0 Å². The summed E-state index contributed by atoms with van der Waals surface area (Å²) < 4.78 is 10.9. The molecule has 0 bridgehead atoms. The number of hydrogen-bond acceptors (Lipinski definition) is 4. The minimum atomic E-state index is 0.237. The molecule has 1 unspecified atom stereocenters. The van der Waals surface area contributed by atoms with Gasteiger partial charge in [0.05, 0.1) is 26.4 Å². The first-order valence-corrected chi connectivity index (χ1v) is 10.7. The minimum Gasteiger partial charge on any atom is -0.497 e. The second kappa shape index (κ2) is 11.6. The van der Waals surface area contributed by atoms with Crippen LogP contribution in [0.2, 0.25) is 0 Å². The molecule has 0 radical (unpaired) electrons. The van der Waals surface area contributed by atoms with Crippen LogP contribution in [-0.4, -0.2) is 57.9 Å². The second-order valence-corrected chi connectivity index (χ2v) is 7.37. The molecule has 2 aromatic carbocycles. The third-order valence-corrected chi connectivity index (χ3v) is 5.62. The van der Waals surface area contributed by atoms with Crippen LogP contribution in [0.3, 0.4) is 0 Å². The zero-order valence-electron chi connectivity index (χ0n) is 18.4. The van der Waals surface area contributed by atoms with E-state index in [1.54, 1.807) is 7.11 Å². The van der Waals surface area contributed by atoms with Crippen molar-refractivity contribution in [1.29, 1.82) is 0 Å². The Kier molecular flexibility index (Phi) is 8.53. The summed E-state index contributed by atoms with van der Waals surface area (Å²) in [6.07, 6.45) is 1.03. The summed E-state index contributed by atoms with van der Waals surface area (Å²) in [4.78, 5) is 6.90. The zero-order chi connectivity index (χ0) is 21.2. The largest absolute Gasteiger partial charge is 0.497 e. The first-order valence-electron chi connectivity index (χ1n) is 10.7. The Morgan fingerprint density at radius 2 is 1.77 bits per heavy atom. The minimum absolute atomic E-state index is 0.237. The van der Waals surface area contributed by atoms with Crippen molar-refractivity contribution >= 4 is 5.96 Å². The van der Waals surface area contributed by atoms with Crippen molar-refractivity contribution < 1.29 is 9.47 Å². The number of nitrogens with zero attached hydrogens (tertiary/aromatic N) is 2. The van der Waals surface area contributed by atoms with Gasteiger partial charge in [0.15, 0.2) is 5.96 Å². The molecule has 3 rings (SSSR count). The van der Waals surface area contributed by atoms with E-state index in [-0.39, 0.29) is 6.04 Å². The van der Waals surface area contributed by atoms with Crippen molar-refractivity contribution in [2.75, 3.05) is 47.0 Å². The maximum absolute atomic E-state index is 5.56. The van der Waals surface area contributed by atoms with Gasteiger partial charge < -0.3 is 20.1 Å². The lowest BCUT2D eigenvalue weighted by Gasteiger charge is -2.35. The molecule has 6 nitrogen and oxygen atoms in total. The number of aryl methyl sites for hydroxylation is 1. The summed E-state index contributed by atoms with van der Waals surface area (Å²) in [5.74, 6) is 1.69. The highest BCUT2D eigenvalue weighted by Gasteiger charge is 2.23. The van der Waals surface area contributed by atoms with Gasteiger partial charge in [-0.2, -0.15) is 0 Å². The number of benzene rings is 2. The highest BCUT2D eigenvalue weighted by atomic mass is 16.5. The zero-order valence-corrected chi connectivity index (χ0v) is 18.4. The van der Waals surface area contributed by atoms with E-state index in [0.29, 0.717) is 0 Å². The van der Waals surface area contributed by atoms with Crippen LogP contribution in [-0.2, 0) is 17.7 Å². The summed E-state index contributed by atoms with van der Waals surface area (Å²) in [6.45, 7) is 7.10. The number of guanidine groups is 1. The lowest BCUT2D eigenvalue weighted by atomic mass is 10.0. The van der Waals surface area contributed by atoms with E-state index in [2.05, 4.69) is 63.8 Å². The molecular weight excluding hydrogens is 376 g/mol. The molecule has 1 atom stereocenters.